The molecule has 0 aromatic heterocycles. The van der Waals surface area contributed by atoms with Gasteiger partial charge in [0, 0.05) is 0 Å². The molecule has 17 heavy (non-hydrogen) atoms. The molecule has 104 valence electrons. The molecule has 0 aliphatic carbocycles. The van der Waals surface area contributed by atoms with Crippen molar-refractivity contribution in [3.63, 3.8) is 0 Å². The first-order valence-electron chi connectivity index (χ1n) is 7.34. The fourth-order valence-corrected chi connectivity index (χ4v) is 2.17. The Labute approximate surface area is 107 Å². The van der Waals surface area contributed by atoms with Crippen LogP contribution in [0.15, 0.2) is 0 Å². The van der Waals surface area contributed by atoms with Gasteiger partial charge in [0.15, 0.2) is 0 Å². The molecule has 0 rings (SSSR count). The third-order valence-corrected chi connectivity index (χ3v) is 3.07. The van der Waals surface area contributed by atoms with Crippen molar-refractivity contribution in [1.82, 2.24) is 0 Å². The fraction of sp³-hybridized carbons (Fsp3) is 1.00. The largest absolute Gasteiger partial charge is 0.375 e. The topological polar surface area (TPSA) is 61.3 Å². The van der Waals surface area contributed by atoms with Crippen LogP contribution in [-0.4, -0.2) is 25.3 Å². The molecule has 0 amide bonds. The van der Waals surface area contributed by atoms with Crippen molar-refractivity contribution in [3.05, 3.63) is 0 Å². The Bertz CT molecular complexity index is 137. The molecule has 0 aromatic carbocycles. The monoisotopic (exact) mass is 244 g/mol. The molecule has 0 saturated carbocycles. The first-order valence-corrected chi connectivity index (χ1v) is 7.34. The maximum absolute atomic E-state index is 6.22. The van der Waals surface area contributed by atoms with Gasteiger partial charge in [-0.15, -0.1) is 0 Å². The van der Waals surface area contributed by atoms with Crippen LogP contribution in [0.25, 0.3) is 0 Å². The highest BCUT2D eigenvalue weighted by molar-refractivity contribution is 4.65. The molecule has 0 aliphatic rings. The van der Waals surface area contributed by atoms with Gasteiger partial charge in [-0.25, -0.2) is 0 Å². The minimum Gasteiger partial charge on any atom is -0.375 e. The maximum Gasteiger partial charge on any atom is 0.0579 e. The molecule has 3 heteroatoms. The number of hydrogen-bond acceptors (Lipinski definition) is 3. The van der Waals surface area contributed by atoms with Crippen LogP contribution in [0.3, 0.4) is 0 Å². The lowest BCUT2D eigenvalue weighted by Gasteiger charge is -2.24. The zero-order chi connectivity index (χ0) is 12.9. The zero-order valence-corrected chi connectivity index (χ0v) is 11.8. The summed E-state index contributed by atoms with van der Waals surface area (Å²) in [5, 5.41) is 0. The summed E-state index contributed by atoms with van der Waals surface area (Å²) in [6.45, 7) is 5.97. The van der Waals surface area contributed by atoms with Crippen molar-refractivity contribution in [2.75, 3.05) is 13.1 Å². The van der Waals surface area contributed by atoms with Crippen LogP contribution >= 0.6 is 0 Å². The second-order valence-corrected chi connectivity index (χ2v) is 4.82. The average Bonchev–Trinajstić information content (AvgIpc) is 2.33. The summed E-state index contributed by atoms with van der Waals surface area (Å²) in [4.78, 5) is 0. The van der Waals surface area contributed by atoms with Crippen molar-refractivity contribution >= 4 is 0 Å². The molecule has 0 bridgehead atoms. The highest BCUT2D eigenvalue weighted by atomic mass is 16.5. The third-order valence-electron chi connectivity index (χ3n) is 3.07. The molecule has 4 N–H and O–H groups in total. The van der Waals surface area contributed by atoms with Crippen molar-refractivity contribution in [1.29, 1.82) is 0 Å². The van der Waals surface area contributed by atoms with Gasteiger partial charge in [-0.3, -0.25) is 0 Å². The lowest BCUT2D eigenvalue weighted by molar-refractivity contribution is -0.0298. The predicted octanol–water partition coefficient (Wildman–Crippen LogP) is 2.82. The van der Waals surface area contributed by atoms with E-state index < -0.39 is 0 Å². The zero-order valence-electron chi connectivity index (χ0n) is 11.8. The van der Waals surface area contributed by atoms with Crippen LogP contribution in [0, 0.1) is 0 Å². The van der Waals surface area contributed by atoms with E-state index in [-0.39, 0.29) is 0 Å². The molecule has 0 radical (unpaired) electrons. The molecule has 3 nitrogen and oxygen atoms in total. The molecule has 0 fully saturated rings. The highest BCUT2D eigenvalue weighted by Crippen LogP contribution is 2.17. The minimum absolute atomic E-state index is 0.401. The molecule has 2 unspecified atom stereocenters. The molecular formula is C14H32N2O. The van der Waals surface area contributed by atoms with Gasteiger partial charge < -0.3 is 16.2 Å². The number of hydrogen-bond donors (Lipinski definition) is 2. The average molecular weight is 244 g/mol. The Kier molecular flexibility index (Phi) is 12.3. The van der Waals surface area contributed by atoms with E-state index >= 15 is 0 Å². The van der Waals surface area contributed by atoms with E-state index in [9.17, 15) is 0 Å². The van der Waals surface area contributed by atoms with Crippen LogP contribution in [0.5, 0.6) is 0 Å². The molecule has 0 aliphatic heterocycles. The quantitative estimate of drug-likeness (QED) is 0.555. The maximum atomic E-state index is 6.22. The summed E-state index contributed by atoms with van der Waals surface area (Å²) >= 11 is 0. The number of rotatable bonds is 12. The van der Waals surface area contributed by atoms with Crippen molar-refractivity contribution in [2.24, 2.45) is 11.5 Å². The standard InChI is InChI=1S/C14H32N2O/c1-3-7-13(9-5-11-15)17-14(8-4-2)10-6-12-16/h13-14H,3-12,15-16H2,1-2H3. The van der Waals surface area contributed by atoms with E-state index in [1.165, 1.54) is 12.8 Å². The molecular weight excluding hydrogens is 212 g/mol. The summed E-state index contributed by atoms with van der Waals surface area (Å²) in [6.07, 6.45) is 9.83. The predicted molar refractivity (Wildman–Crippen MR) is 75.1 cm³/mol. The van der Waals surface area contributed by atoms with E-state index in [1.54, 1.807) is 0 Å². The van der Waals surface area contributed by atoms with Gasteiger partial charge >= 0.3 is 0 Å². The van der Waals surface area contributed by atoms with Crippen molar-refractivity contribution in [2.45, 2.75) is 77.4 Å². The van der Waals surface area contributed by atoms with E-state index in [4.69, 9.17) is 16.2 Å². The lowest BCUT2D eigenvalue weighted by Crippen LogP contribution is -2.24. The van der Waals surface area contributed by atoms with Gasteiger partial charge in [-0.2, -0.15) is 0 Å². The first kappa shape index (κ1) is 16.9. The summed E-state index contributed by atoms with van der Waals surface area (Å²) in [7, 11) is 0. The van der Waals surface area contributed by atoms with Crippen LogP contribution in [0.1, 0.15) is 65.2 Å². The van der Waals surface area contributed by atoms with E-state index in [0.29, 0.717) is 12.2 Å². The van der Waals surface area contributed by atoms with Gasteiger partial charge in [-0.05, 0) is 51.6 Å². The van der Waals surface area contributed by atoms with Crippen molar-refractivity contribution < 1.29 is 4.74 Å². The Hall–Kier alpha value is -0.120. The fourth-order valence-electron chi connectivity index (χ4n) is 2.17. The summed E-state index contributed by atoms with van der Waals surface area (Å²) in [6, 6.07) is 0. The summed E-state index contributed by atoms with van der Waals surface area (Å²) < 4.78 is 6.22. The van der Waals surface area contributed by atoms with Crippen LogP contribution in [-0.2, 0) is 4.74 Å². The van der Waals surface area contributed by atoms with Gasteiger partial charge in [-0.1, -0.05) is 26.7 Å². The van der Waals surface area contributed by atoms with Crippen molar-refractivity contribution in [3.8, 4) is 0 Å². The van der Waals surface area contributed by atoms with E-state index in [0.717, 1.165) is 51.6 Å². The number of ether oxygens (including phenoxy) is 1. The Balaban J connectivity index is 4.02. The smallest absolute Gasteiger partial charge is 0.0579 e. The van der Waals surface area contributed by atoms with Crippen LogP contribution in [0.2, 0.25) is 0 Å². The van der Waals surface area contributed by atoms with Gasteiger partial charge in [0.05, 0.1) is 12.2 Å². The normalized spacial score (nSPS) is 14.8. The summed E-state index contributed by atoms with van der Waals surface area (Å²) in [5.74, 6) is 0. The van der Waals surface area contributed by atoms with Crippen LogP contribution < -0.4 is 11.5 Å². The van der Waals surface area contributed by atoms with Crippen LogP contribution in [0.4, 0.5) is 0 Å². The Morgan fingerprint density at radius 1 is 0.765 bits per heavy atom. The molecule has 0 aromatic rings. The van der Waals surface area contributed by atoms with E-state index in [1.807, 2.05) is 0 Å². The molecule has 0 spiro atoms. The lowest BCUT2D eigenvalue weighted by atomic mass is 10.1. The molecule has 0 heterocycles. The van der Waals surface area contributed by atoms with Gasteiger partial charge in [0.2, 0.25) is 0 Å². The molecule has 0 saturated heterocycles. The second-order valence-electron chi connectivity index (χ2n) is 4.82. The van der Waals surface area contributed by atoms with E-state index in [2.05, 4.69) is 13.8 Å². The Morgan fingerprint density at radius 2 is 1.18 bits per heavy atom. The van der Waals surface area contributed by atoms with Gasteiger partial charge in [0.25, 0.3) is 0 Å². The number of nitrogens with two attached hydrogens (primary N) is 2. The highest BCUT2D eigenvalue weighted by Gasteiger charge is 2.15. The molecule has 2 atom stereocenters. The first-order chi connectivity index (χ1) is 8.28. The second kappa shape index (κ2) is 12.3. The third kappa shape index (κ3) is 9.57. The van der Waals surface area contributed by atoms with Gasteiger partial charge in [0.1, 0.15) is 0 Å². The SMILES string of the molecule is CCCC(CCCN)OC(CCC)CCCN. The summed E-state index contributed by atoms with van der Waals surface area (Å²) in [5.41, 5.74) is 11.1. The Morgan fingerprint density at radius 3 is 1.47 bits per heavy atom. The minimum atomic E-state index is 0.401.